The number of anilines is 1. The summed E-state index contributed by atoms with van der Waals surface area (Å²) < 4.78 is 0. The molecule has 0 N–H and O–H groups in total. The molecule has 1 aromatic heterocycles. The van der Waals surface area contributed by atoms with Crippen molar-refractivity contribution in [3.63, 3.8) is 0 Å². The standard InChI is InChI=1S/C13H17ClN4O/c1-17-7-9-6-15-13(14)16-12(9)18(8-11(17)19)10-4-2-3-5-10/h6,10H,2-5,7-8H2,1H3. The Morgan fingerprint density at radius 3 is 2.79 bits per heavy atom. The third-order valence-electron chi connectivity index (χ3n) is 3.99. The minimum atomic E-state index is 0.126. The Hall–Kier alpha value is -1.36. The van der Waals surface area contributed by atoms with Crippen molar-refractivity contribution in [3.05, 3.63) is 17.0 Å². The van der Waals surface area contributed by atoms with Crippen LogP contribution in [0.4, 0.5) is 5.82 Å². The van der Waals surface area contributed by atoms with Gasteiger partial charge < -0.3 is 9.80 Å². The Balaban J connectivity index is 2.02. The third-order valence-corrected chi connectivity index (χ3v) is 4.17. The van der Waals surface area contributed by atoms with Gasteiger partial charge in [0.1, 0.15) is 5.82 Å². The molecular weight excluding hydrogens is 264 g/mol. The molecule has 0 aromatic carbocycles. The highest BCUT2D eigenvalue weighted by molar-refractivity contribution is 6.28. The molecule has 19 heavy (non-hydrogen) atoms. The molecule has 1 saturated carbocycles. The second kappa shape index (κ2) is 4.96. The Labute approximate surface area is 117 Å². The molecule has 2 aliphatic rings. The van der Waals surface area contributed by atoms with Gasteiger partial charge in [0.25, 0.3) is 0 Å². The Morgan fingerprint density at radius 2 is 2.05 bits per heavy atom. The lowest BCUT2D eigenvalue weighted by Gasteiger charge is -2.29. The zero-order chi connectivity index (χ0) is 13.4. The number of halogens is 1. The highest BCUT2D eigenvalue weighted by Gasteiger charge is 2.31. The van der Waals surface area contributed by atoms with Crippen LogP contribution in [0.2, 0.25) is 5.28 Å². The number of rotatable bonds is 1. The van der Waals surface area contributed by atoms with Crippen molar-refractivity contribution in [1.29, 1.82) is 0 Å². The fraction of sp³-hybridized carbons (Fsp3) is 0.615. The van der Waals surface area contributed by atoms with Crippen LogP contribution in [0.1, 0.15) is 31.2 Å². The fourth-order valence-corrected chi connectivity index (χ4v) is 3.07. The SMILES string of the molecule is CN1Cc2cnc(Cl)nc2N(C2CCCC2)CC1=O. The number of carbonyl (C=O) groups excluding carboxylic acids is 1. The highest BCUT2D eigenvalue weighted by Crippen LogP contribution is 2.31. The molecule has 1 amide bonds. The van der Waals surface area contributed by atoms with Crippen LogP contribution in [0.5, 0.6) is 0 Å². The number of fused-ring (bicyclic) bond motifs is 1. The van der Waals surface area contributed by atoms with Gasteiger partial charge in [0, 0.05) is 24.8 Å². The van der Waals surface area contributed by atoms with E-state index in [9.17, 15) is 4.79 Å². The summed E-state index contributed by atoms with van der Waals surface area (Å²) in [6.07, 6.45) is 6.43. The van der Waals surface area contributed by atoms with Gasteiger partial charge >= 0.3 is 0 Å². The molecule has 0 bridgehead atoms. The van der Waals surface area contributed by atoms with Crippen LogP contribution in [0, 0.1) is 0 Å². The van der Waals surface area contributed by atoms with Crippen LogP contribution in [-0.2, 0) is 11.3 Å². The average Bonchev–Trinajstić information content (AvgIpc) is 2.87. The van der Waals surface area contributed by atoms with Gasteiger partial charge in [-0.15, -0.1) is 0 Å². The Morgan fingerprint density at radius 1 is 1.32 bits per heavy atom. The zero-order valence-corrected chi connectivity index (χ0v) is 11.7. The molecule has 0 spiro atoms. The molecule has 0 unspecified atom stereocenters. The molecule has 1 aromatic rings. The second-order valence-electron chi connectivity index (χ2n) is 5.30. The van der Waals surface area contributed by atoms with Crippen molar-refractivity contribution < 1.29 is 4.79 Å². The molecule has 6 heteroatoms. The normalized spacial score (nSPS) is 20.6. The Kier molecular flexibility index (Phi) is 3.31. The van der Waals surface area contributed by atoms with Crippen LogP contribution in [0.15, 0.2) is 6.20 Å². The van der Waals surface area contributed by atoms with Gasteiger partial charge in [-0.05, 0) is 24.4 Å². The number of hydrogen-bond acceptors (Lipinski definition) is 4. The zero-order valence-electron chi connectivity index (χ0n) is 11.0. The number of nitrogens with zero attached hydrogens (tertiary/aromatic N) is 4. The quantitative estimate of drug-likeness (QED) is 0.737. The van der Waals surface area contributed by atoms with E-state index in [4.69, 9.17) is 11.6 Å². The second-order valence-corrected chi connectivity index (χ2v) is 5.64. The third kappa shape index (κ3) is 2.39. The largest absolute Gasteiger partial charge is 0.344 e. The van der Waals surface area contributed by atoms with E-state index in [2.05, 4.69) is 14.9 Å². The van der Waals surface area contributed by atoms with Gasteiger partial charge in [0.2, 0.25) is 11.2 Å². The number of likely N-dealkylation sites (N-methyl/N-ethyl adjacent to an activating group) is 1. The molecule has 0 radical (unpaired) electrons. The molecule has 3 rings (SSSR count). The van der Waals surface area contributed by atoms with E-state index >= 15 is 0 Å². The van der Waals surface area contributed by atoms with Gasteiger partial charge in [0.15, 0.2) is 0 Å². The molecule has 102 valence electrons. The van der Waals surface area contributed by atoms with Crippen molar-refractivity contribution in [1.82, 2.24) is 14.9 Å². The predicted octanol–water partition coefficient (Wildman–Crippen LogP) is 1.85. The van der Waals surface area contributed by atoms with E-state index in [1.54, 1.807) is 11.1 Å². The maximum atomic E-state index is 12.1. The van der Waals surface area contributed by atoms with Crippen molar-refractivity contribution in [3.8, 4) is 0 Å². The van der Waals surface area contributed by atoms with Gasteiger partial charge in [-0.25, -0.2) is 9.97 Å². The number of hydrogen-bond donors (Lipinski definition) is 0. The lowest BCUT2D eigenvalue weighted by molar-refractivity contribution is -0.128. The summed E-state index contributed by atoms with van der Waals surface area (Å²) in [6, 6.07) is 0.403. The van der Waals surface area contributed by atoms with Gasteiger partial charge in [-0.1, -0.05) is 12.8 Å². The summed E-state index contributed by atoms with van der Waals surface area (Å²) in [5, 5.41) is 0.249. The van der Waals surface area contributed by atoms with E-state index < -0.39 is 0 Å². The first-order valence-electron chi connectivity index (χ1n) is 6.67. The smallest absolute Gasteiger partial charge is 0.242 e. The van der Waals surface area contributed by atoms with Crippen molar-refractivity contribution in [2.24, 2.45) is 0 Å². The van der Waals surface area contributed by atoms with Crippen LogP contribution in [-0.4, -0.2) is 40.4 Å². The Bertz CT molecular complexity index is 501. The summed E-state index contributed by atoms with van der Waals surface area (Å²) in [7, 11) is 1.82. The molecule has 2 heterocycles. The van der Waals surface area contributed by atoms with Crippen molar-refractivity contribution in [2.45, 2.75) is 38.3 Å². The first-order chi connectivity index (χ1) is 9.15. The molecule has 1 aliphatic carbocycles. The number of amides is 1. The molecular formula is C13H17ClN4O. The van der Waals surface area contributed by atoms with E-state index in [0.29, 0.717) is 19.1 Å². The first-order valence-corrected chi connectivity index (χ1v) is 7.05. The van der Waals surface area contributed by atoms with Crippen molar-refractivity contribution >= 4 is 23.3 Å². The molecule has 0 atom stereocenters. The van der Waals surface area contributed by atoms with Crippen molar-refractivity contribution in [2.75, 3.05) is 18.5 Å². The summed E-state index contributed by atoms with van der Waals surface area (Å²) >= 11 is 5.93. The van der Waals surface area contributed by atoms with Crippen LogP contribution < -0.4 is 4.90 Å². The van der Waals surface area contributed by atoms with Gasteiger partial charge in [-0.3, -0.25) is 4.79 Å². The minimum Gasteiger partial charge on any atom is -0.344 e. The molecule has 5 nitrogen and oxygen atoms in total. The minimum absolute atomic E-state index is 0.126. The van der Waals surface area contributed by atoms with E-state index in [1.165, 1.54) is 12.8 Å². The lowest BCUT2D eigenvalue weighted by atomic mass is 10.2. The van der Waals surface area contributed by atoms with E-state index in [0.717, 1.165) is 24.2 Å². The monoisotopic (exact) mass is 280 g/mol. The lowest BCUT2D eigenvalue weighted by Crippen LogP contribution is -2.40. The highest BCUT2D eigenvalue weighted by atomic mass is 35.5. The first kappa shape index (κ1) is 12.7. The molecule has 1 fully saturated rings. The molecule has 0 saturated heterocycles. The van der Waals surface area contributed by atoms with E-state index in [1.807, 2.05) is 7.05 Å². The number of aromatic nitrogens is 2. The van der Waals surface area contributed by atoms with Crippen LogP contribution in [0.25, 0.3) is 0 Å². The summed E-state index contributed by atoms with van der Waals surface area (Å²) in [5.41, 5.74) is 0.977. The molecule has 1 aliphatic heterocycles. The van der Waals surface area contributed by atoms with Crippen LogP contribution in [0.3, 0.4) is 0 Å². The van der Waals surface area contributed by atoms with Crippen LogP contribution >= 0.6 is 11.6 Å². The van der Waals surface area contributed by atoms with Gasteiger partial charge in [0.05, 0.1) is 13.1 Å². The maximum Gasteiger partial charge on any atom is 0.242 e. The predicted molar refractivity (Wildman–Crippen MR) is 73.1 cm³/mol. The maximum absolute atomic E-state index is 12.1. The number of carbonyl (C=O) groups is 1. The fourth-order valence-electron chi connectivity index (χ4n) is 2.94. The summed E-state index contributed by atoms with van der Waals surface area (Å²) in [4.78, 5) is 24.4. The topological polar surface area (TPSA) is 49.3 Å². The van der Waals surface area contributed by atoms with Gasteiger partial charge in [-0.2, -0.15) is 0 Å². The average molecular weight is 281 g/mol. The summed E-state index contributed by atoms with van der Waals surface area (Å²) in [5.74, 6) is 0.964. The summed E-state index contributed by atoms with van der Waals surface area (Å²) in [6.45, 7) is 0.941. The van der Waals surface area contributed by atoms with E-state index in [-0.39, 0.29) is 11.2 Å².